The number of carbonyl (C=O) groups is 1. The normalized spacial score (nSPS) is 9.23. The van der Waals surface area contributed by atoms with Crippen LogP contribution in [0.2, 0.25) is 0 Å². The third-order valence-electron chi connectivity index (χ3n) is 1.54. The van der Waals surface area contributed by atoms with E-state index in [1.165, 1.54) is 16.2 Å². The first-order chi connectivity index (χ1) is 6.24. The van der Waals surface area contributed by atoms with E-state index in [0.29, 0.717) is 6.54 Å². The van der Waals surface area contributed by atoms with Gasteiger partial charge in [0, 0.05) is 12.4 Å². The molecule has 4 nitrogen and oxygen atoms in total. The summed E-state index contributed by atoms with van der Waals surface area (Å²) in [7, 11) is 1.67. The number of nitrogens with zero attached hydrogens (tertiary/aromatic N) is 3. The maximum absolute atomic E-state index is 11.1. The molecule has 0 aliphatic rings. The highest BCUT2D eigenvalue weighted by atomic mass is 32.1. The average molecular weight is 195 g/mol. The van der Waals surface area contributed by atoms with Gasteiger partial charge in [0.15, 0.2) is 0 Å². The van der Waals surface area contributed by atoms with Crippen LogP contribution in [0.3, 0.4) is 0 Å². The minimum atomic E-state index is -0.171. The maximum Gasteiger partial charge on any atom is 0.236 e. The Morgan fingerprint density at radius 3 is 3.15 bits per heavy atom. The smallest absolute Gasteiger partial charge is 0.236 e. The minimum Gasteiger partial charge on any atom is -0.339 e. The molecule has 1 aromatic heterocycles. The molecule has 1 aromatic rings. The lowest BCUT2D eigenvalue weighted by atomic mass is 10.3. The molecule has 0 unspecified atom stereocenters. The molecule has 1 heterocycles. The molecule has 0 aliphatic carbocycles. The Labute approximate surface area is 80.4 Å². The maximum atomic E-state index is 11.1. The summed E-state index contributed by atoms with van der Waals surface area (Å²) in [4.78, 5) is 16.7. The standard InChI is InChI=1S/C8H9N3OS/c1-11(8(12)2-3-9)4-7-5-13-6-10-7/h5-6H,2,4H2,1H3. The topological polar surface area (TPSA) is 57.0 Å². The second-order valence-electron chi connectivity index (χ2n) is 2.56. The molecular formula is C8H9N3OS. The van der Waals surface area contributed by atoms with Crippen molar-refractivity contribution in [1.82, 2.24) is 9.88 Å². The van der Waals surface area contributed by atoms with Crippen molar-refractivity contribution in [1.29, 1.82) is 5.26 Å². The molecule has 0 N–H and O–H groups in total. The van der Waals surface area contributed by atoms with Gasteiger partial charge in [0.05, 0.1) is 23.8 Å². The lowest BCUT2D eigenvalue weighted by molar-refractivity contribution is -0.129. The van der Waals surface area contributed by atoms with Gasteiger partial charge in [0.25, 0.3) is 0 Å². The van der Waals surface area contributed by atoms with Crippen molar-refractivity contribution in [3.05, 3.63) is 16.6 Å². The fourth-order valence-electron chi connectivity index (χ4n) is 0.849. The zero-order valence-electron chi connectivity index (χ0n) is 7.23. The molecule has 0 fully saturated rings. The van der Waals surface area contributed by atoms with Crippen LogP contribution in [0.25, 0.3) is 0 Å². The number of hydrogen-bond acceptors (Lipinski definition) is 4. The van der Waals surface area contributed by atoms with E-state index in [1.54, 1.807) is 12.6 Å². The molecule has 0 radical (unpaired) electrons. The Balaban J connectivity index is 2.47. The van der Waals surface area contributed by atoms with Gasteiger partial charge in [-0.05, 0) is 0 Å². The first-order valence-corrected chi connectivity index (χ1v) is 4.66. The van der Waals surface area contributed by atoms with Crippen LogP contribution in [-0.4, -0.2) is 22.8 Å². The Bertz CT molecular complexity index is 315. The van der Waals surface area contributed by atoms with E-state index >= 15 is 0 Å². The van der Waals surface area contributed by atoms with E-state index < -0.39 is 0 Å². The fourth-order valence-corrected chi connectivity index (χ4v) is 1.40. The van der Waals surface area contributed by atoms with Gasteiger partial charge >= 0.3 is 0 Å². The van der Waals surface area contributed by atoms with Crippen molar-refractivity contribution < 1.29 is 4.79 Å². The summed E-state index contributed by atoms with van der Waals surface area (Å²) in [6, 6.07) is 1.82. The highest BCUT2D eigenvalue weighted by Crippen LogP contribution is 2.04. The summed E-state index contributed by atoms with van der Waals surface area (Å²) < 4.78 is 0. The van der Waals surface area contributed by atoms with E-state index in [0.717, 1.165) is 5.69 Å². The number of hydrogen-bond donors (Lipinski definition) is 0. The summed E-state index contributed by atoms with van der Waals surface area (Å²) in [5.41, 5.74) is 2.58. The Morgan fingerprint density at radius 1 is 1.85 bits per heavy atom. The monoisotopic (exact) mass is 195 g/mol. The van der Waals surface area contributed by atoms with Crippen LogP contribution in [0.5, 0.6) is 0 Å². The zero-order chi connectivity index (χ0) is 9.68. The highest BCUT2D eigenvalue weighted by molar-refractivity contribution is 7.07. The molecule has 0 aromatic carbocycles. The first-order valence-electron chi connectivity index (χ1n) is 3.72. The van der Waals surface area contributed by atoms with Gasteiger partial charge in [-0.3, -0.25) is 4.79 Å². The summed E-state index contributed by atoms with van der Waals surface area (Å²) in [5, 5.41) is 10.2. The molecule has 0 atom stereocenters. The van der Waals surface area contributed by atoms with Crippen molar-refractivity contribution in [2.24, 2.45) is 0 Å². The number of thiazole rings is 1. The van der Waals surface area contributed by atoms with Crippen LogP contribution in [0.4, 0.5) is 0 Å². The van der Waals surface area contributed by atoms with Crippen molar-refractivity contribution in [3.8, 4) is 6.07 Å². The molecule has 68 valence electrons. The second kappa shape index (κ2) is 4.58. The van der Waals surface area contributed by atoms with Crippen LogP contribution >= 0.6 is 11.3 Å². The van der Waals surface area contributed by atoms with Gasteiger partial charge in [-0.25, -0.2) is 4.98 Å². The summed E-state index contributed by atoms with van der Waals surface area (Å²) >= 11 is 1.49. The molecule has 5 heteroatoms. The molecule has 1 amide bonds. The third-order valence-corrected chi connectivity index (χ3v) is 2.17. The SMILES string of the molecule is CN(Cc1cscn1)C(=O)CC#N. The van der Waals surface area contributed by atoms with Crippen LogP contribution in [0.1, 0.15) is 12.1 Å². The highest BCUT2D eigenvalue weighted by Gasteiger charge is 2.08. The van der Waals surface area contributed by atoms with Gasteiger partial charge in [0.1, 0.15) is 6.42 Å². The Kier molecular flexibility index (Phi) is 3.41. The number of rotatable bonds is 3. The van der Waals surface area contributed by atoms with Crippen molar-refractivity contribution in [2.45, 2.75) is 13.0 Å². The number of aromatic nitrogens is 1. The summed E-state index contributed by atoms with van der Waals surface area (Å²) in [6.07, 6.45) is -0.0688. The van der Waals surface area contributed by atoms with Gasteiger partial charge in [-0.1, -0.05) is 0 Å². The van der Waals surface area contributed by atoms with Gasteiger partial charge < -0.3 is 4.90 Å². The van der Waals surface area contributed by atoms with Crippen molar-refractivity contribution in [3.63, 3.8) is 0 Å². The van der Waals surface area contributed by atoms with Crippen molar-refractivity contribution in [2.75, 3.05) is 7.05 Å². The second-order valence-corrected chi connectivity index (χ2v) is 3.28. The van der Waals surface area contributed by atoms with Crippen LogP contribution in [0.15, 0.2) is 10.9 Å². The third kappa shape index (κ3) is 2.84. The molecule has 0 aliphatic heterocycles. The lowest BCUT2D eigenvalue weighted by Crippen LogP contribution is -2.25. The van der Waals surface area contributed by atoms with E-state index in [-0.39, 0.29) is 12.3 Å². The van der Waals surface area contributed by atoms with Crippen LogP contribution < -0.4 is 0 Å². The van der Waals surface area contributed by atoms with E-state index in [4.69, 9.17) is 5.26 Å². The van der Waals surface area contributed by atoms with Crippen molar-refractivity contribution >= 4 is 17.2 Å². The predicted molar refractivity (Wildman–Crippen MR) is 48.8 cm³/mol. The van der Waals surface area contributed by atoms with E-state index in [1.807, 2.05) is 11.4 Å². The average Bonchev–Trinajstić information content (AvgIpc) is 2.57. The number of amides is 1. The Hall–Kier alpha value is -1.41. The Morgan fingerprint density at radius 2 is 2.62 bits per heavy atom. The minimum absolute atomic E-state index is 0.0688. The first kappa shape index (κ1) is 9.68. The largest absolute Gasteiger partial charge is 0.339 e. The fraction of sp³-hybridized carbons (Fsp3) is 0.375. The lowest BCUT2D eigenvalue weighted by Gasteiger charge is -2.13. The quantitative estimate of drug-likeness (QED) is 0.723. The molecule has 0 saturated heterocycles. The molecule has 0 saturated carbocycles. The molecule has 1 rings (SSSR count). The van der Waals surface area contributed by atoms with Crippen LogP contribution in [0, 0.1) is 11.3 Å². The van der Waals surface area contributed by atoms with Gasteiger partial charge in [-0.2, -0.15) is 5.26 Å². The zero-order valence-corrected chi connectivity index (χ0v) is 8.04. The van der Waals surface area contributed by atoms with Crippen LogP contribution in [-0.2, 0) is 11.3 Å². The molecule has 0 bridgehead atoms. The van der Waals surface area contributed by atoms with Gasteiger partial charge in [-0.15, -0.1) is 11.3 Å². The number of nitriles is 1. The molecule has 0 spiro atoms. The molecule has 13 heavy (non-hydrogen) atoms. The van der Waals surface area contributed by atoms with Gasteiger partial charge in [0.2, 0.25) is 5.91 Å². The van der Waals surface area contributed by atoms with E-state index in [9.17, 15) is 4.79 Å². The molecular weight excluding hydrogens is 186 g/mol. The predicted octanol–water partition coefficient (Wildman–Crippen LogP) is 1.02. The van der Waals surface area contributed by atoms with E-state index in [2.05, 4.69) is 4.98 Å². The number of carbonyl (C=O) groups excluding carboxylic acids is 1. The summed E-state index contributed by atoms with van der Waals surface area (Å²) in [6.45, 7) is 0.476. The summed E-state index contributed by atoms with van der Waals surface area (Å²) in [5.74, 6) is -0.171.